The largest absolute Gasteiger partial charge is 0.496 e. The number of ketones is 1. The van der Waals surface area contributed by atoms with Crippen LogP contribution < -0.4 is 10.1 Å². The lowest BCUT2D eigenvalue weighted by molar-refractivity contribution is 0.103. The minimum absolute atomic E-state index is 0.0478. The summed E-state index contributed by atoms with van der Waals surface area (Å²) in [6, 6.07) is 12.8. The number of hydrogen-bond donors (Lipinski definition) is 1. The molecule has 0 amide bonds. The van der Waals surface area contributed by atoms with Crippen molar-refractivity contribution < 1.29 is 18.1 Å². The van der Waals surface area contributed by atoms with Crippen LogP contribution >= 0.6 is 0 Å². The lowest BCUT2D eigenvalue weighted by Crippen LogP contribution is -2.12. The van der Waals surface area contributed by atoms with Crippen LogP contribution in [-0.2, 0) is 10.8 Å². The van der Waals surface area contributed by atoms with Gasteiger partial charge in [0.2, 0.25) is 10.9 Å². The number of nitrogens with zero attached hydrogens (tertiary/aromatic N) is 2. The van der Waals surface area contributed by atoms with Crippen LogP contribution in [0.15, 0.2) is 59.9 Å². The molecule has 3 rings (SSSR count). The van der Waals surface area contributed by atoms with E-state index in [4.69, 9.17) is 4.74 Å². The van der Waals surface area contributed by atoms with Crippen molar-refractivity contribution in [3.05, 3.63) is 71.7 Å². The molecule has 0 spiro atoms. The zero-order valence-corrected chi connectivity index (χ0v) is 16.1. The molecule has 0 radical (unpaired) electrons. The maximum atomic E-state index is 13.7. The van der Waals surface area contributed by atoms with Crippen molar-refractivity contribution in [3.8, 4) is 5.75 Å². The van der Waals surface area contributed by atoms with Gasteiger partial charge in [0.15, 0.2) is 0 Å². The van der Waals surface area contributed by atoms with Crippen LogP contribution in [0, 0.1) is 5.82 Å². The molecule has 0 fully saturated rings. The second kappa shape index (κ2) is 8.71. The smallest absolute Gasteiger partial charge is 0.220 e. The molecule has 1 aromatic heterocycles. The Morgan fingerprint density at radius 1 is 1.18 bits per heavy atom. The number of halogens is 1. The number of anilines is 2. The van der Waals surface area contributed by atoms with Gasteiger partial charge in [0.25, 0.3) is 0 Å². The van der Waals surface area contributed by atoms with E-state index in [1.807, 2.05) is 18.2 Å². The molecule has 1 heterocycles. The summed E-state index contributed by atoms with van der Waals surface area (Å²) in [7, 11) is 0.00744. The quantitative estimate of drug-likeness (QED) is 0.482. The Kier molecular flexibility index (Phi) is 6.10. The van der Waals surface area contributed by atoms with Gasteiger partial charge in [-0.2, -0.15) is 0 Å². The third-order valence-corrected chi connectivity index (χ3v) is 5.05. The molecule has 3 aromatic rings. The number of para-hydroxylation sites is 1. The highest BCUT2D eigenvalue weighted by atomic mass is 32.2. The summed E-state index contributed by atoms with van der Waals surface area (Å²) < 4.78 is 31.0. The van der Waals surface area contributed by atoms with Crippen LogP contribution in [0.25, 0.3) is 0 Å². The van der Waals surface area contributed by atoms with Crippen molar-refractivity contribution in [3.63, 3.8) is 0 Å². The van der Waals surface area contributed by atoms with Crippen LogP contribution in [0.3, 0.4) is 0 Å². The second-order valence-corrected chi connectivity index (χ2v) is 7.35. The number of benzene rings is 2. The van der Waals surface area contributed by atoms with Crippen molar-refractivity contribution in [2.45, 2.75) is 12.1 Å². The normalized spacial score (nSPS) is 11.7. The Hall–Kier alpha value is -3.13. The molecule has 0 aliphatic rings. The van der Waals surface area contributed by atoms with E-state index in [2.05, 4.69) is 15.3 Å². The van der Waals surface area contributed by atoms with Crippen molar-refractivity contribution in [1.29, 1.82) is 0 Å². The van der Waals surface area contributed by atoms with E-state index in [0.29, 0.717) is 11.4 Å². The maximum Gasteiger partial charge on any atom is 0.220 e. The van der Waals surface area contributed by atoms with Crippen LogP contribution in [0.1, 0.15) is 22.8 Å². The fourth-order valence-electron chi connectivity index (χ4n) is 2.53. The summed E-state index contributed by atoms with van der Waals surface area (Å²) in [4.78, 5) is 21.5. The number of nitrogens with one attached hydrogen (secondary N) is 1. The Morgan fingerprint density at radius 2 is 1.93 bits per heavy atom. The van der Waals surface area contributed by atoms with Crippen molar-refractivity contribution in [1.82, 2.24) is 9.97 Å². The second-order valence-electron chi connectivity index (χ2n) is 5.71. The van der Waals surface area contributed by atoms with Gasteiger partial charge in [-0.1, -0.05) is 25.1 Å². The zero-order valence-electron chi connectivity index (χ0n) is 15.3. The van der Waals surface area contributed by atoms with Gasteiger partial charge in [-0.05, 0) is 30.3 Å². The average molecular weight is 399 g/mol. The summed E-state index contributed by atoms with van der Waals surface area (Å²) in [6.45, 7) is 1.75. The first-order valence-electron chi connectivity index (χ1n) is 8.49. The van der Waals surface area contributed by atoms with Crippen LogP contribution in [-0.4, -0.2) is 32.8 Å². The molecule has 1 unspecified atom stereocenters. The lowest BCUT2D eigenvalue weighted by Gasteiger charge is -2.13. The molecule has 28 heavy (non-hydrogen) atoms. The Labute approximate surface area is 164 Å². The fraction of sp³-hybridized carbons (Fsp3) is 0.150. The third kappa shape index (κ3) is 4.23. The van der Waals surface area contributed by atoms with Gasteiger partial charge in [-0.15, -0.1) is 0 Å². The molecule has 0 saturated carbocycles. The first-order chi connectivity index (χ1) is 13.5. The van der Waals surface area contributed by atoms with E-state index >= 15 is 0 Å². The van der Waals surface area contributed by atoms with Crippen molar-refractivity contribution in [2.24, 2.45) is 0 Å². The minimum atomic E-state index is -1.39. The Bertz CT molecular complexity index is 1030. The van der Waals surface area contributed by atoms with Gasteiger partial charge < -0.3 is 10.1 Å². The SMILES string of the molecule is CCS(=O)c1ncc(C(=O)c2cc(F)ccc2OC)c(Nc2ccccc2)n1. The number of carbonyl (C=O) groups excluding carboxylic acids is 1. The summed E-state index contributed by atoms with van der Waals surface area (Å²) >= 11 is 0. The highest BCUT2D eigenvalue weighted by Crippen LogP contribution is 2.27. The summed E-state index contributed by atoms with van der Waals surface area (Å²) in [5.41, 5.74) is 0.853. The topological polar surface area (TPSA) is 81.2 Å². The first-order valence-corrected chi connectivity index (χ1v) is 9.81. The van der Waals surface area contributed by atoms with Gasteiger partial charge in [-0.25, -0.2) is 14.4 Å². The Morgan fingerprint density at radius 3 is 2.61 bits per heavy atom. The van der Waals surface area contributed by atoms with Crippen LogP contribution in [0.5, 0.6) is 5.75 Å². The van der Waals surface area contributed by atoms with Crippen LogP contribution in [0.4, 0.5) is 15.9 Å². The molecule has 144 valence electrons. The molecule has 0 aliphatic heterocycles. The zero-order chi connectivity index (χ0) is 20.1. The summed E-state index contributed by atoms with van der Waals surface area (Å²) in [5, 5.41) is 3.17. The number of rotatable bonds is 7. The monoisotopic (exact) mass is 399 g/mol. The minimum Gasteiger partial charge on any atom is -0.496 e. The average Bonchev–Trinajstić information content (AvgIpc) is 2.73. The summed E-state index contributed by atoms with van der Waals surface area (Å²) in [5.74, 6) is -0.307. The Balaban J connectivity index is 2.10. The highest BCUT2D eigenvalue weighted by Gasteiger charge is 2.22. The predicted molar refractivity (Wildman–Crippen MR) is 105 cm³/mol. The predicted octanol–water partition coefficient (Wildman–Crippen LogP) is 3.73. The van der Waals surface area contributed by atoms with Gasteiger partial charge in [0, 0.05) is 17.6 Å². The molecular weight excluding hydrogens is 381 g/mol. The molecular formula is C20H18FN3O3S. The summed E-state index contributed by atoms with van der Waals surface area (Å²) in [6.07, 6.45) is 1.30. The van der Waals surface area contributed by atoms with Crippen LogP contribution in [0.2, 0.25) is 0 Å². The molecule has 8 heteroatoms. The van der Waals surface area contributed by atoms with E-state index in [1.54, 1.807) is 19.1 Å². The van der Waals surface area contributed by atoms with Gasteiger partial charge in [0.05, 0.1) is 29.0 Å². The lowest BCUT2D eigenvalue weighted by atomic mass is 10.0. The molecule has 1 atom stereocenters. The van der Waals surface area contributed by atoms with Crippen molar-refractivity contribution >= 4 is 28.1 Å². The molecule has 0 bridgehead atoms. The molecule has 1 N–H and O–H groups in total. The fourth-order valence-corrected chi connectivity index (χ4v) is 3.15. The van der Waals surface area contributed by atoms with E-state index in [9.17, 15) is 13.4 Å². The van der Waals surface area contributed by atoms with Gasteiger partial charge >= 0.3 is 0 Å². The number of hydrogen-bond acceptors (Lipinski definition) is 6. The molecule has 2 aromatic carbocycles. The first kappa shape index (κ1) is 19.6. The molecule has 6 nitrogen and oxygen atoms in total. The maximum absolute atomic E-state index is 13.7. The standard InChI is InChI=1S/C20H18FN3O3S/c1-3-28(26)20-22-12-16(19(24-20)23-14-7-5-4-6-8-14)18(25)15-11-13(21)9-10-17(15)27-2/h4-12H,3H2,1-2H3,(H,22,23,24). The van der Waals surface area contributed by atoms with E-state index in [0.717, 1.165) is 6.07 Å². The number of aromatic nitrogens is 2. The van der Waals surface area contributed by atoms with E-state index in [1.165, 1.54) is 25.4 Å². The van der Waals surface area contributed by atoms with Gasteiger partial charge in [-0.3, -0.25) is 9.00 Å². The number of methoxy groups -OCH3 is 1. The van der Waals surface area contributed by atoms with Gasteiger partial charge in [0.1, 0.15) is 17.4 Å². The number of ether oxygens (including phenoxy) is 1. The highest BCUT2D eigenvalue weighted by molar-refractivity contribution is 7.84. The van der Waals surface area contributed by atoms with E-state index in [-0.39, 0.29) is 27.9 Å². The molecule has 0 aliphatic carbocycles. The van der Waals surface area contributed by atoms with E-state index < -0.39 is 22.4 Å². The van der Waals surface area contributed by atoms with Crippen molar-refractivity contribution in [2.75, 3.05) is 18.2 Å². The number of carbonyl (C=O) groups is 1. The third-order valence-electron chi connectivity index (χ3n) is 3.92. The molecule has 0 saturated heterocycles.